The number of pyridine rings is 1. The van der Waals surface area contributed by atoms with Crippen molar-refractivity contribution >= 4 is 23.4 Å². The maximum absolute atomic E-state index is 12.9. The van der Waals surface area contributed by atoms with E-state index in [4.69, 9.17) is 0 Å². The molecule has 8 nitrogen and oxygen atoms in total. The quantitative estimate of drug-likeness (QED) is 0.790. The first kappa shape index (κ1) is 20.2. The molecule has 8 heteroatoms. The van der Waals surface area contributed by atoms with Crippen molar-refractivity contribution in [3.63, 3.8) is 0 Å². The van der Waals surface area contributed by atoms with Crippen LogP contribution in [0.25, 0.3) is 0 Å². The van der Waals surface area contributed by atoms with Crippen LogP contribution in [0.4, 0.5) is 16.3 Å². The SMILES string of the molecule is CN(C)c1cc(C(=O)NC[C@@H]2CN(C(=O)Nc3ccccc3)[C@H]3CCN2C3)ccn1. The predicted molar refractivity (Wildman–Crippen MR) is 117 cm³/mol. The van der Waals surface area contributed by atoms with E-state index in [0.717, 1.165) is 31.0 Å². The van der Waals surface area contributed by atoms with Crippen molar-refractivity contribution < 1.29 is 9.59 Å². The van der Waals surface area contributed by atoms with Gasteiger partial charge >= 0.3 is 6.03 Å². The van der Waals surface area contributed by atoms with Gasteiger partial charge in [-0.25, -0.2) is 9.78 Å². The van der Waals surface area contributed by atoms with E-state index in [9.17, 15) is 9.59 Å². The van der Waals surface area contributed by atoms with Crippen LogP contribution in [0.1, 0.15) is 16.8 Å². The summed E-state index contributed by atoms with van der Waals surface area (Å²) >= 11 is 0. The number of para-hydroxylation sites is 1. The monoisotopic (exact) mass is 408 g/mol. The van der Waals surface area contributed by atoms with Gasteiger partial charge in [0.15, 0.2) is 0 Å². The van der Waals surface area contributed by atoms with Crippen LogP contribution in [0.5, 0.6) is 0 Å². The third-order valence-corrected chi connectivity index (χ3v) is 5.81. The molecule has 0 radical (unpaired) electrons. The van der Waals surface area contributed by atoms with Crippen molar-refractivity contribution in [2.75, 3.05) is 50.5 Å². The van der Waals surface area contributed by atoms with Gasteiger partial charge in [-0.2, -0.15) is 0 Å². The molecule has 2 bridgehead atoms. The molecular weight excluding hydrogens is 380 g/mol. The molecule has 1 aromatic carbocycles. The predicted octanol–water partition coefficient (Wildman–Crippen LogP) is 1.87. The van der Waals surface area contributed by atoms with Crippen molar-refractivity contribution in [2.45, 2.75) is 18.5 Å². The van der Waals surface area contributed by atoms with Crippen molar-refractivity contribution in [1.82, 2.24) is 20.1 Å². The molecule has 2 aliphatic rings. The molecule has 2 N–H and O–H groups in total. The number of hydrogen-bond donors (Lipinski definition) is 2. The molecule has 3 amide bonds. The number of urea groups is 1. The summed E-state index contributed by atoms with van der Waals surface area (Å²) in [5, 5.41) is 6.03. The third kappa shape index (κ3) is 4.38. The molecule has 0 saturated carbocycles. The molecule has 30 heavy (non-hydrogen) atoms. The number of fused-ring (bicyclic) bond motifs is 2. The number of rotatable bonds is 5. The van der Waals surface area contributed by atoms with Gasteiger partial charge in [-0.1, -0.05) is 18.2 Å². The molecule has 0 spiro atoms. The average molecular weight is 409 g/mol. The maximum Gasteiger partial charge on any atom is 0.322 e. The highest BCUT2D eigenvalue weighted by Gasteiger charge is 2.40. The summed E-state index contributed by atoms with van der Waals surface area (Å²) in [4.78, 5) is 35.9. The topological polar surface area (TPSA) is 80.8 Å². The second-order valence-electron chi connectivity index (χ2n) is 8.05. The van der Waals surface area contributed by atoms with Crippen molar-refractivity contribution in [2.24, 2.45) is 0 Å². The smallest absolute Gasteiger partial charge is 0.322 e. The van der Waals surface area contributed by atoms with E-state index in [-0.39, 0.29) is 24.0 Å². The van der Waals surface area contributed by atoms with E-state index < -0.39 is 0 Å². The minimum atomic E-state index is -0.123. The summed E-state index contributed by atoms with van der Waals surface area (Å²) in [5.74, 6) is 0.619. The lowest BCUT2D eigenvalue weighted by atomic mass is 10.1. The fourth-order valence-corrected chi connectivity index (χ4v) is 4.12. The average Bonchev–Trinajstić information content (AvgIpc) is 3.17. The first-order chi connectivity index (χ1) is 14.5. The number of amides is 3. The standard InChI is InChI=1S/C22H28N6O2/c1-26(2)20-12-16(8-10-23-20)21(29)24-13-19-15-28(18-9-11-27(19)14-18)22(30)25-17-6-4-3-5-7-17/h3-8,10,12,18-19H,9,11,13-15H2,1-2H3,(H,24,29)(H,25,30)/t18-,19+/m0/s1. The number of nitrogens with one attached hydrogen (secondary N) is 2. The zero-order valence-corrected chi connectivity index (χ0v) is 17.4. The van der Waals surface area contributed by atoms with Gasteiger partial charge in [-0.05, 0) is 30.7 Å². The van der Waals surface area contributed by atoms with Gasteiger partial charge in [-0.3, -0.25) is 9.69 Å². The lowest BCUT2D eigenvalue weighted by molar-refractivity contribution is 0.0882. The summed E-state index contributed by atoms with van der Waals surface area (Å²) in [5.41, 5.74) is 1.38. The molecular formula is C22H28N6O2. The Kier molecular flexibility index (Phi) is 5.85. The molecule has 2 aromatic rings. The van der Waals surface area contributed by atoms with Crippen LogP contribution >= 0.6 is 0 Å². The highest BCUT2D eigenvalue weighted by atomic mass is 16.2. The van der Waals surface area contributed by atoms with Gasteiger partial charge in [0.1, 0.15) is 5.82 Å². The van der Waals surface area contributed by atoms with Gasteiger partial charge in [0.05, 0.1) is 0 Å². The van der Waals surface area contributed by atoms with Gasteiger partial charge in [0.2, 0.25) is 0 Å². The Morgan fingerprint density at radius 1 is 1.17 bits per heavy atom. The second-order valence-corrected chi connectivity index (χ2v) is 8.05. The maximum atomic E-state index is 12.9. The van der Waals surface area contributed by atoms with Crippen LogP contribution in [0.3, 0.4) is 0 Å². The zero-order valence-electron chi connectivity index (χ0n) is 17.4. The van der Waals surface area contributed by atoms with E-state index in [1.54, 1.807) is 18.3 Å². The fourth-order valence-electron chi connectivity index (χ4n) is 4.12. The Morgan fingerprint density at radius 2 is 1.97 bits per heavy atom. The molecule has 3 atom stereocenters. The number of piperazine rings is 1. The molecule has 2 saturated heterocycles. The molecule has 158 valence electrons. The number of benzene rings is 1. The Labute approximate surface area is 176 Å². The zero-order chi connectivity index (χ0) is 21.1. The Morgan fingerprint density at radius 3 is 2.73 bits per heavy atom. The molecule has 4 rings (SSSR count). The molecule has 2 aliphatic heterocycles. The number of carbonyl (C=O) groups is 2. The highest BCUT2D eigenvalue weighted by Crippen LogP contribution is 2.25. The lowest BCUT2D eigenvalue weighted by Crippen LogP contribution is -2.58. The minimum Gasteiger partial charge on any atom is -0.363 e. The van der Waals surface area contributed by atoms with Gasteiger partial charge in [0, 0.05) is 69.8 Å². The first-order valence-corrected chi connectivity index (χ1v) is 10.3. The van der Waals surface area contributed by atoms with E-state index >= 15 is 0 Å². The Hall–Kier alpha value is -3.13. The van der Waals surface area contributed by atoms with Crippen LogP contribution in [-0.4, -0.2) is 79.1 Å². The normalized spacial score (nSPS) is 22.5. The summed E-state index contributed by atoms with van der Waals surface area (Å²) in [7, 11) is 3.79. The minimum absolute atomic E-state index is 0.0752. The molecule has 3 heterocycles. The summed E-state index contributed by atoms with van der Waals surface area (Å²) < 4.78 is 0. The van der Waals surface area contributed by atoms with Gasteiger partial charge < -0.3 is 20.4 Å². The fraction of sp³-hybridized carbons (Fsp3) is 0.409. The van der Waals surface area contributed by atoms with Crippen molar-refractivity contribution in [3.8, 4) is 0 Å². The number of aromatic nitrogens is 1. The Bertz CT molecular complexity index is 904. The number of anilines is 2. The van der Waals surface area contributed by atoms with Gasteiger partial charge in [-0.15, -0.1) is 0 Å². The third-order valence-electron chi connectivity index (χ3n) is 5.81. The van der Waals surface area contributed by atoms with Crippen LogP contribution in [0, 0.1) is 0 Å². The summed E-state index contributed by atoms with van der Waals surface area (Å²) in [6.07, 6.45) is 2.61. The number of hydrogen-bond acceptors (Lipinski definition) is 5. The molecule has 2 fully saturated rings. The molecule has 1 aromatic heterocycles. The highest BCUT2D eigenvalue weighted by molar-refractivity contribution is 5.94. The van der Waals surface area contributed by atoms with E-state index in [2.05, 4.69) is 20.5 Å². The molecule has 1 unspecified atom stereocenters. The molecule has 0 aliphatic carbocycles. The number of nitrogens with zero attached hydrogens (tertiary/aromatic N) is 4. The van der Waals surface area contributed by atoms with E-state index in [1.807, 2.05) is 54.2 Å². The van der Waals surface area contributed by atoms with E-state index in [0.29, 0.717) is 18.7 Å². The lowest BCUT2D eigenvalue weighted by Gasteiger charge is -2.40. The van der Waals surface area contributed by atoms with Crippen molar-refractivity contribution in [3.05, 3.63) is 54.2 Å². The summed E-state index contributed by atoms with van der Waals surface area (Å²) in [6.45, 7) is 2.90. The van der Waals surface area contributed by atoms with Crippen LogP contribution < -0.4 is 15.5 Å². The largest absolute Gasteiger partial charge is 0.363 e. The van der Waals surface area contributed by atoms with Gasteiger partial charge in [0.25, 0.3) is 5.91 Å². The van der Waals surface area contributed by atoms with Crippen LogP contribution in [0.2, 0.25) is 0 Å². The van der Waals surface area contributed by atoms with E-state index in [1.165, 1.54) is 0 Å². The first-order valence-electron chi connectivity index (χ1n) is 10.3. The second kappa shape index (κ2) is 8.71. The van der Waals surface area contributed by atoms with Crippen LogP contribution in [-0.2, 0) is 0 Å². The van der Waals surface area contributed by atoms with Crippen LogP contribution in [0.15, 0.2) is 48.7 Å². The summed E-state index contributed by atoms with van der Waals surface area (Å²) in [6, 6.07) is 13.3. The Balaban J connectivity index is 1.38. The van der Waals surface area contributed by atoms with Crippen molar-refractivity contribution in [1.29, 1.82) is 0 Å². The number of carbonyl (C=O) groups excluding carboxylic acids is 2.